The van der Waals surface area contributed by atoms with Crippen LogP contribution in [0.2, 0.25) is 0 Å². The third kappa shape index (κ3) is 4.70. The zero-order chi connectivity index (χ0) is 16.0. The van der Waals surface area contributed by atoms with Gasteiger partial charge in [-0.15, -0.1) is 0 Å². The zero-order valence-corrected chi connectivity index (χ0v) is 13.9. The average Bonchev–Trinajstić information content (AvgIpc) is 3.02. The van der Waals surface area contributed by atoms with E-state index in [1.807, 2.05) is 6.07 Å². The molecule has 2 nitrogen and oxygen atoms in total. The fourth-order valence-corrected chi connectivity index (χ4v) is 3.14. The summed E-state index contributed by atoms with van der Waals surface area (Å²) in [6.07, 6.45) is 6.99. The van der Waals surface area contributed by atoms with Gasteiger partial charge < -0.3 is 9.22 Å². The Morgan fingerprint density at radius 3 is 2.13 bits per heavy atom. The van der Waals surface area contributed by atoms with Gasteiger partial charge in [-0.3, -0.25) is 0 Å². The fourth-order valence-electron chi connectivity index (χ4n) is 3.14. The molecule has 2 aromatic rings. The van der Waals surface area contributed by atoms with Gasteiger partial charge in [-0.1, -0.05) is 54.6 Å². The van der Waals surface area contributed by atoms with Crippen LogP contribution in [0.15, 0.2) is 54.6 Å². The average molecular weight is 308 g/mol. The maximum Gasteiger partial charge on any atom is 0.137 e. The van der Waals surface area contributed by atoms with Gasteiger partial charge in [0.2, 0.25) is 0 Å². The van der Waals surface area contributed by atoms with E-state index < -0.39 is 0 Å². The lowest BCUT2D eigenvalue weighted by Crippen LogP contribution is -2.43. The predicted molar refractivity (Wildman–Crippen MR) is 97.3 cm³/mol. The van der Waals surface area contributed by atoms with Crippen LogP contribution in [0.5, 0.6) is 5.75 Å². The predicted octanol–water partition coefficient (Wildman–Crippen LogP) is 4.48. The van der Waals surface area contributed by atoms with Gasteiger partial charge >= 0.3 is 0 Å². The van der Waals surface area contributed by atoms with Crippen molar-refractivity contribution in [2.45, 2.75) is 12.8 Å². The summed E-state index contributed by atoms with van der Waals surface area (Å²) in [6, 6.07) is 18.7. The smallest absolute Gasteiger partial charge is 0.137 e. The molecule has 0 N–H and O–H groups in total. The minimum absolute atomic E-state index is 0.801. The maximum absolute atomic E-state index is 5.91. The number of likely N-dealkylation sites (N-methyl/N-ethyl adjacent to an activating group) is 1. The summed E-state index contributed by atoms with van der Waals surface area (Å²) in [5, 5.41) is 0. The molecule has 0 bridgehead atoms. The molecule has 0 atom stereocenters. The zero-order valence-electron chi connectivity index (χ0n) is 13.9. The highest BCUT2D eigenvalue weighted by Crippen LogP contribution is 2.17. The number of ether oxygens (including phenoxy) is 1. The van der Waals surface area contributed by atoms with E-state index in [9.17, 15) is 0 Å². The molecule has 1 saturated heterocycles. The monoisotopic (exact) mass is 308 g/mol. The summed E-state index contributed by atoms with van der Waals surface area (Å²) in [7, 11) is 2.34. The third-order valence-corrected chi connectivity index (χ3v) is 4.69. The van der Waals surface area contributed by atoms with E-state index in [1.165, 1.54) is 37.1 Å². The molecule has 0 radical (unpaired) electrons. The largest absolute Gasteiger partial charge is 0.488 e. The number of rotatable bonds is 6. The van der Waals surface area contributed by atoms with Crippen molar-refractivity contribution in [3.63, 3.8) is 0 Å². The second kappa shape index (κ2) is 7.47. The van der Waals surface area contributed by atoms with Gasteiger partial charge in [-0.25, -0.2) is 0 Å². The van der Waals surface area contributed by atoms with Gasteiger partial charge in [0, 0.05) is 12.8 Å². The van der Waals surface area contributed by atoms with Crippen LogP contribution in [-0.2, 0) is 0 Å². The summed E-state index contributed by atoms with van der Waals surface area (Å²) >= 11 is 0. The lowest BCUT2D eigenvalue weighted by molar-refractivity contribution is -0.897. The van der Waals surface area contributed by atoms with Gasteiger partial charge in [0.05, 0.1) is 20.1 Å². The topological polar surface area (TPSA) is 9.23 Å². The summed E-state index contributed by atoms with van der Waals surface area (Å²) < 4.78 is 7.08. The second-order valence-corrected chi connectivity index (χ2v) is 6.66. The van der Waals surface area contributed by atoms with Gasteiger partial charge in [0.25, 0.3) is 0 Å². The van der Waals surface area contributed by atoms with Crippen LogP contribution in [0.1, 0.15) is 24.0 Å². The molecular formula is C21H26NO+. The molecule has 0 spiro atoms. The molecule has 0 amide bonds. The Labute approximate surface area is 139 Å². The Bertz CT molecular complexity index is 625. The molecule has 3 rings (SSSR count). The minimum Gasteiger partial charge on any atom is -0.488 e. The van der Waals surface area contributed by atoms with E-state index in [1.54, 1.807) is 0 Å². The first-order chi connectivity index (χ1) is 11.2. The van der Waals surface area contributed by atoms with Crippen LogP contribution in [0.25, 0.3) is 12.2 Å². The number of benzene rings is 2. The third-order valence-electron chi connectivity index (χ3n) is 4.69. The van der Waals surface area contributed by atoms with E-state index in [0.29, 0.717) is 0 Å². The molecule has 0 aromatic heterocycles. The molecule has 2 aromatic carbocycles. The van der Waals surface area contributed by atoms with Crippen molar-refractivity contribution >= 4 is 12.2 Å². The van der Waals surface area contributed by atoms with Crippen molar-refractivity contribution in [2.75, 3.05) is 33.3 Å². The van der Waals surface area contributed by atoms with Crippen LogP contribution in [0.4, 0.5) is 0 Å². The lowest BCUT2D eigenvalue weighted by Gasteiger charge is -2.28. The molecule has 0 saturated carbocycles. The Hall–Kier alpha value is -2.06. The molecule has 1 heterocycles. The Morgan fingerprint density at radius 2 is 1.48 bits per heavy atom. The highest BCUT2D eigenvalue weighted by atomic mass is 16.5. The van der Waals surface area contributed by atoms with Crippen molar-refractivity contribution in [1.29, 1.82) is 0 Å². The van der Waals surface area contributed by atoms with Crippen LogP contribution in [0, 0.1) is 0 Å². The fraction of sp³-hybridized carbons (Fsp3) is 0.333. The van der Waals surface area contributed by atoms with Gasteiger partial charge in [0.1, 0.15) is 18.9 Å². The first kappa shape index (κ1) is 15.8. The molecule has 23 heavy (non-hydrogen) atoms. The number of hydrogen-bond acceptors (Lipinski definition) is 1. The lowest BCUT2D eigenvalue weighted by atomic mass is 10.1. The highest BCUT2D eigenvalue weighted by Gasteiger charge is 2.26. The molecule has 1 aliphatic heterocycles. The minimum atomic E-state index is 0.801. The van der Waals surface area contributed by atoms with E-state index in [-0.39, 0.29) is 0 Å². The first-order valence-electron chi connectivity index (χ1n) is 8.53. The standard InChI is InChI=1S/C21H26NO/c1-22(15-5-6-16-22)17-18-23-21-13-11-20(12-14-21)10-9-19-7-3-2-4-8-19/h2-4,7-14H,5-6,15-18H2,1H3/q+1/b10-9+. The molecule has 1 aliphatic rings. The first-order valence-corrected chi connectivity index (χ1v) is 8.53. The molecule has 0 aliphatic carbocycles. The Morgan fingerprint density at radius 1 is 0.870 bits per heavy atom. The Kier molecular flexibility index (Phi) is 5.14. The number of hydrogen-bond donors (Lipinski definition) is 0. The van der Waals surface area contributed by atoms with Crippen molar-refractivity contribution in [3.05, 3.63) is 65.7 Å². The van der Waals surface area contributed by atoms with E-state index in [2.05, 4.69) is 67.7 Å². The molecule has 2 heteroatoms. The van der Waals surface area contributed by atoms with Gasteiger partial charge in [-0.2, -0.15) is 0 Å². The number of nitrogens with zero attached hydrogens (tertiary/aromatic N) is 1. The highest BCUT2D eigenvalue weighted by molar-refractivity contribution is 5.69. The molecule has 120 valence electrons. The van der Waals surface area contributed by atoms with Crippen molar-refractivity contribution < 1.29 is 9.22 Å². The van der Waals surface area contributed by atoms with E-state index >= 15 is 0 Å². The summed E-state index contributed by atoms with van der Waals surface area (Å²) in [5.41, 5.74) is 2.41. The normalized spacial score (nSPS) is 16.7. The van der Waals surface area contributed by atoms with E-state index in [4.69, 9.17) is 4.74 Å². The summed E-state index contributed by atoms with van der Waals surface area (Å²) in [6.45, 7) is 4.50. The van der Waals surface area contributed by atoms with Crippen molar-refractivity contribution in [2.24, 2.45) is 0 Å². The van der Waals surface area contributed by atoms with Crippen LogP contribution >= 0.6 is 0 Å². The SMILES string of the molecule is C[N+]1(CCOc2ccc(/C=C/c3ccccc3)cc2)CCCC1. The molecule has 0 unspecified atom stereocenters. The number of likely N-dealkylation sites (tertiary alicyclic amines) is 1. The second-order valence-electron chi connectivity index (χ2n) is 6.66. The van der Waals surface area contributed by atoms with Crippen molar-refractivity contribution in [1.82, 2.24) is 0 Å². The molecular weight excluding hydrogens is 282 g/mol. The summed E-state index contributed by atoms with van der Waals surface area (Å²) in [5.74, 6) is 0.965. The van der Waals surface area contributed by atoms with Crippen LogP contribution < -0.4 is 4.74 Å². The maximum atomic E-state index is 5.91. The quantitative estimate of drug-likeness (QED) is 0.565. The van der Waals surface area contributed by atoms with Crippen LogP contribution in [0.3, 0.4) is 0 Å². The van der Waals surface area contributed by atoms with E-state index in [0.717, 1.165) is 23.4 Å². The van der Waals surface area contributed by atoms with Crippen LogP contribution in [-0.4, -0.2) is 37.8 Å². The molecule has 1 fully saturated rings. The Balaban J connectivity index is 1.50. The number of quaternary nitrogens is 1. The van der Waals surface area contributed by atoms with Gasteiger partial charge in [-0.05, 0) is 23.3 Å². The van der Waals surface area contributed by atoms with Gasteiger partial charge in [0.15, 0.2) is 0 Å². The van der Waals surface area contributed by atoms with Crippen molar-refractivity contribution in [3.8, 4) is 5.75 Å². The summed E-state index contributed by atoms with van der Waals surface area (Å²) in [4.78, 5) is 0.